The number of nitro groups is 2. The number of nitrogens with one attached hydrogen (secondary N) is 1. The zero-order valence-electron chi connectivity index (χ0n) is 14.2. The minimum Gasteiger partial charge on any atom is -0.312 e. The van der Waals surface area contributed by atoms with Gasteiger partial charge in [-0.2, -0.15) is 5.26 Å². The standard InChI is InChI=1S/C17H14N4O5S/c1-9-2-3-13-14(8-18)17(27-15(13)4-9)19-16(22)10-5-11(20(23)24)7-12(6-10)21(25)26/h5-7,9H,2-4H2,1H3,(H,19,22). The molecule has 0 saturated carbocycles. The number of hydrogen-bond donors (Lipinski definition) is 1. The highest BCUT2D eigenvalue weighted by molar-refractivity contribution is 7.16. The van der Waals surface area contributed by atoms with Crippen LogP contribution < -0.4 is 5.32 Å². The highest BCUT2D eigenvalue weighted by Crippen LogP contribution is 2.39. The fraction of sp³-hybridized carbons (Fsp3) is 0.294. The fourth-order valence-corrected chi connectivity index (χ4v) is 4.43. The number of carbonyl (C=O) groups excluding carboxylic acids is 1. The van der Waals surface area contributed by atoms with Crippen LogP contribution >= 0.6 is 11.3 Å². The molecule has 0 radical (unpaired) electrons. The summed E-state index contributed by atoms with van der Waals surface area (Å²) < 4.78 is 0. The Morgan fingerprint density at radius 1 is 1.26 bits per heavy atom. The van der Waals surface area contributed by atoms with Crippen LogP contribution in [0.15, 0.2) is 18.2 Å². The van der Waals surface area contributed by atoms with Crippen LogP contribution in [0.5, 0.6) is 0 Å². The number of fused-ring (bicyclic) bond motifs is 1. The van der Waals surface area contributed by atoms with E-state index in [-0.39, 0.29) is 5.56 Å². The van der Waals surface area contributed by atoms with E-state index in [1.807, 2.05) is 0 Å². The molecule has 0 saturated heterocycles. The van der Waals surface area contributed by atoms with Gasteiger partial charge in [0.15, 0.2) is 0 Å². The first-order valence-electron chi connectivity index (χ1n) is 8.10. The van der Waals surface area contributed by atoms with Crippen molar-refractivity contribution in [2.75, 3.05) is 5.32 Å². The van der Waals surface area contributed by atoms with Crippen molar-refractivity contribution in [3.63, 3.8) is 0 Å². The molecular weight excluding hydrogens is 372 g/mol. The molecule has 2 aromatic rings. The Labute approximate surface area is 157 Å². The van der Waals surface area contributed by atoms with Crippen molar-refractivity contribution < 1.29 is 14.6 Å². The van der Waals surface area contributed by atoms with Crippen molar-refractivity contribution in [3.05, 3.63) is 60.0 Å². The van der Waals surface area contributed by atoms with Gasteiger partial charge < -0.3 is 5.32 Å². The molecule has 9 nitrogen and oxygen atoms in total. The zero-order chi connectivity index (χ0) is 19.7. The monoisotopic (exact) mass is 386 g/mol. The number of non-ortho nitro benzene ring substituents is 2. The average Bonchev–Trinajstić information content (AvgIpc) is 2.96. The summed E-state index contributed by atoms with van der Waals surface area (Å²) in [5, 5.41) is 34.4. The quantitative estimate of drug-likeness (QED) is 0.626. The molecule has 1 amide bonds. The Balaban J connectivity index is 1.96. The van der Waals surface area contributed by atoms with E-state index in [1.54, 1.807) is 0 Å². The van der Waals surface area contributed by atoms with Gasteiger partial charge in [0.05, 0.1) is 27.0 Å². The lowest BCUT2D eigenvalue weighted by Gasteiger charge is -2.17. The molecule has 3 rings (SSSR count). The molecule has 1 atom stereocenters. The molecule has 1 aliphatic rings. The molecule has 10 heteroatoms. The summed E-state index contributed by atoms with van der Waals surface area (Å²) in [6.45, 7) is 2.12. The minimum absolute atomic E-state index is 0.209. The van der Waals surface area contributed by atoms with E-state index >= 15 is 0 Å². The fourth-order valence-electron chi connectivity index (χ4n) is 3.07. The summed E-state index contributed by atoms with van der Waals surface area (Å²) in [6, 6.07) is 4.86. The van der Waals surface area contributed by atoms with E-state index in [2.05, 4.69) is 18.3 Å². The van der Waals surface area contributed by atoms with Crippen LogP contribution in [0.4, 0.5) is 16.4 Å². The SMILES string of the molecule is CC1CCc2c(sc(NC(=O)c3cc([N+](=O)[O-])cc([N+](=O)[O-])c3)c2C#N)C1. The Morgan fingerprint density at radius 2 is 1.89 bits per heavy atom. The van der Waals surface area contributed by atoms with Gasteiger partial charge >= 0.3 is 0 Å². The smallest absolute Gasteiger partial charge is 0.277 e. The maximum absolute atomic E-state index is 12.5. The van der Waals surface area contributed by atoms with E-state index in [0.29, 0.717) is 16.5 Å². The molecule has 0 aliphatic heterocycles. The van der Waals surface area contributed by atoms with Crippen LogP contribution in [-0.4, -0.2) is 15.8 Å². The molecule has 1 unspecified atom stereocenters. The number of amides is 1. The molecule has 0 bridgehead atoms. The van der Waals surface area contributed by atoms with Gasteiger partial charge in [-0.3, -0.25) is 25.0 Å². The molecule has 27 heavy (non-hydrogen) atoms. The first-order chi connectivity index (χ1) is 12.8. The lowest BCUT2D eigenvalue weighted by Crippen LogP contribution is -2.13. The second kappa shape index (κ2) is 7.13. The number of thiophene rings is 1. The molecule has 1 aromatic heterocycles. The maximum atomic E-state index is 12.5. The molecule has 1 aromatic carbocycles. The van der Waals surface area contributed by atoms with Gasteiger partial charge in [0, 0.05) is 17.0 Å². The number of nitrogens with zero attached hydrogens (tertiary/aromatic N) is 3. The molecule has 138 valence electrons. The predicted molar refractivity (Wildman–Crippen MR) is 97.9 cm³/mol. The molecule has 1 heterocycles. The Bertz CT molecular complexity index is 975. The number of benzene rings is 1. The van der Waals surface area contributed by atoms with Gasteiger partial charge in [0.1, 0.15) is 11.1 Å². The molecular formula is C17H14N4O5S. The molecule has 1 aliphatic carbocycles. The Hall–Kier alpha value is -3.32. The van der Waals surface area contributed by atoms with E-state index in [1.165, 1.54) is 11.3 Å². The average molecular weight is 386 g/mol. The number of nitriles is 1. The van der Waals surface area contributed by atoms with Crippen molar-refractivity contribution in [3.8, 4) is 6.07 Å². The van der Waals surface area contributed by atoms with E-state index in [9.17, 15) is 30.3 Å². The van der Waals surface area contributed by atoms with Crippen LogP contribution in [0.1, 0.15) is 39.7 Å². The highest BCUT2D eigenvalue weighted by Gasteiger charge is 2.26. The van der Waals surface area contributed by atoms with Crippen molar-refractivity contribution >= 4 is 33.6 Å². The molecule has 1 N–H and O–H groups in total. The zero-order valence-corrected chi connectivity index (χ0v) is 15.0. The summed E-state index contributed by atoms with van der Waals surface area (Å²) in [7, 11) is 0. The number of rotatable bonds is 4. The van der Waals surface area contributed by atoms with Crippen molar-refractivity contribution in [1.29, 1.82) is 5.26 Å². The third-order valence-electron chi connectivity index (χ3n) is 4.44. The summed E-state index contributed by atoms with van der Waals surface area (Å²) in [6.07, 6.45) is 2.55. The van der Waals surface area contributed by atoms with Gasteiger partial charge in [-0.15, -0.1) is 11.3 Å². The first kappa shape index (κ1) is 18.5. The second-order valence-electron chi connectivity index (χ2n) is 6.37. The topological polar surface area (TPSA) is 139 Å². The summed E-state index contributed by atoms with van der Waals surface area (Å²) in [4.78, 5) is 34.0. The maximum Gasteiger partial charge on any atom is 0.277 e. The molecule has 0 spiro atoms. The highest BCUT2D eigenvalue weighted by atomic mass is 32.1. The van der Waals surface area contributed by atoms with Crippen LogP contribution in [0, 0.1) is 37.5 Å². The van der Waals surface area contributed by atoms with Crippen molar-refractivity contribution in [1.82, 2.24) is 0 Å². The number of hydrogen-bond acceptors (Lipinski definition) is 7. The third-order valence-corrected chi connectivity index (χ3v) is 5.61. The summed E-state index contributed by atoms with van der Waals surface area (Å²) in [5.74, 6) is -0.240. The van der Waals surface area contributed by atoms with E-state index in [4.69, 9.17) is 0 Å². The van der Waals surface area contributed by atoms with Gasteiger partial charge in [-0.05, 0) is 30.7 Å². The van der Waals surface area contributed by atoms with Crippen molar-refractivity contribution in [2.45, 2.75) is 26.2 Å². The number of carbonyl (C=O) groups is 1. The summed E-state index contributed by atoms with van der Waals surface area (Å²) in [5.41, 5.74) is 0.0268. The normalized spacial score (nSPS) is 15.5. The predicted octanol–water partition coefficient (Wildman–Crippen LogP) is 3.81. The first-order valence-corrected chi connectivity index (χ1v) is 8.91. The van der Waals surface area contributed by atoms with E-state index in [0.717, 1.165) is 47.9 Å². The van der Waals surface area contributed by atoms with Crippen molar-refractivity contribution in [2.24, 2.45) is 5.92 Å². The number of anilines is 1. The van der Waals surface area contributed by atoms with Gasteiger partial charge in [-0.25, -0.2) is 0 Å². The third kappa shape index (κ3) is 3.63. The van der Waals surface area contributed by atoms with Crippen LogP contribution in [-0.2, 0) is 12.8 Å². The minimum atomic E-state index is -0.796. The Morgan fingerprint density at radius 3 is 2.44 bits per heavy atom. The van der Waals surface area contributed by atoms with E-state index < -0.39 is 27.1 Å². The lowest BCUT2D eigenvalue weighted by atomic mass is 9.88. The molecule has 0 fully saturated rings. The van der Waals surface area contributed by atoms with Gasteiger partial charge in [-0.1, -0.05) is 6.92 Å². The lowest BCUT2D eigenvalue weighted by molar-refractivity contribution is -0.394. The van der Waals surface area contributed by atoms with Crippen LogP contribution in [0.2, 0.25) is 0 Å². The second-order valence-corrected chi connectivity index (χ2v) is 7.48. The van der Waals surface area contributed by atoms with Crippen LogP contribution in [0.3, 0.4) is 0 Å². The number of nitro benzene ring substituents is 2. The van der Waals surface area contributed by atoms with Crippen LogP contribution in [0.25, 0.3) is 0 Å². The van der Waals surface area contributed by atoms with Gasteiger partial charge in [0.25, 0.3) is 17.3 Å². The largest absolute Gasteiger partial charge is 0.312 e. The summed E-state index contributed by atoms with van der Waals surface area (Å²) >= 11 is 1.31. The Kier molecular flexibility index (Phi) is 4.87. The van der Waals surface area contributed by atoms with Gasteiger partial charge in [0.2, 0.25) is 0 Å².